The van der Waals surface area contributed by atoms with E-state index in [1.54, 1.807) is 6.33 Å². The molecule has 0 atom stereocenters. The van der Waals surface area contributed by atoms with Crippen molar-refractivity contribution in [3.63, 3.8) is 0 Å². The molecule has 1 aliphatic rings. The lowest BCUT2D eigenvalue weighted by molar-refractivity contribution is 0.647. The number of nitrogen functional groups attached to an aromatic ring is 1. The Morgan fingerprint density at radius 2 is 1.76 bits per heavy atom. The number of nitrogens with one attached hydrogen (secondary N) is 1. The zero-order valence-corrected chi connectivity index (χ0v) is 17.2. The Balaban J connectivity index is 1.49. The van der Waals surface area contributed by atoms with Gasteiger partial charge in [0.15, 0.2) is 11.6 Å². The van der Waals surface area contributed by atoms with E-state index < -0.39 is 0 Å². The first-order chi connectivity index (χ1) is 14.2. The molecule has 0 aliphatic carbocycles. The molecular weight excluding hydrogens is 384 g/mol. The number of halogens is 1. The summed E-state index contributed by atoms with van der Waals surface area (Å²) in [6.45, 7) is 5.56. The summed E-state index contributed by atoms with van der Waals surface area (Å²) in [5.41, 5.74) is 10.4. The van der Waals surface area contributed by atoms with Crippen molar-refractivity contribution in [2.24, 2.45) is 0 Å². The molecular formula is C22H25ClN6. The second-order valence-electron chi connectivity index (χ2n) is 7.05. The second kappa shape index (κ2) is 8.57. The van der Waals surface area contributed by atoms with E-state index in [1.807, 2.05) is 36.4 Å². The molecule has 7 heteroatoms. The van der Waals surface area contributed by atoms with E-state index >= 15 is 0 Å². The van der Waals surface area contributed by atoms with Crippen molar-refractivity contribution in [3.05, 3.63) is 65.4 Å². The third-order valence-electron chi connectivity index (χ3n) is 5.27. The molecule has 1 fully saturated rings. The molecule has 4 rings (SSSR count). The first-order valence-electron chi connectivity index (χ1n) is 9.86. The fraction of sp³-hybridized carbons (Fsp3) is 0.273. The Kier molecular flexibility index (Phi) is 5.71. The first kappa shape index (κ1) is 19.3. The monoisotopic (exact) mass is 408 g/mol. The van der Waals surface area contributed by atoms with E-state index in [0.29, 0.717) is 11.5 Å². The molecule has 0 saturated carbocycles. The predicted molar refractivity (Wildman–Crippen MR) is 121 cm³/mol. The highest BCUT2D eigenvalue weighted by atomic mass is 35.5. The van der Waals surface area contributed by atoms with Gasteiger partial charge in [0, 0.05) is 42.6 Å². The molecule has 0 bridgehead atoms. The summed E-state index contributed by atoms with van der Waals surface area (Å²) in [5, 5.41) is 4.14. The van der Waals surface area contributed by atoms with Gasteiger partial charge in [-0.15, -0.1) is 0 Å². The van der Waals surface area contributed by atoms with Gasteiger partial charge in [0.25, 0.3) is 0 Å². The van der Waals surface area contributed by atoms with Gasteiger partial charge < -0.3 is 20.9 Å². The minimum absolute atomic E-state index is 0.578. The van der Waals surface area contributed by atoms with Crippen LogP contribution >= 0.6 is 11.6 Å². The number of para-hydroxylation sites is 1. The summed E-state index contributed by atoms with van der Waals surface area (Å²) in [4.78, 5) is 13.4. The van der Waals surface area contributed by atoms with E-state index in [-0.39, 0.29) is 0 Å². The number of nitrogens with two attached hydrogens (primary N) is 1. The summed E-state index contributed by atoms with van der Waals surface area (Å²) in [7, 11) is 0. The number of nitrogens with zero attached hydrogens (tertiary/aromatic N) is 4. The van der Waals surface area contributed by atoms with Crippen molar-refractivity contribution in [3.8, 4) is 0 Å². The summed E-state index contributed by atoms with van der Waals surface area (Å²) >= 11 is 6.14. The van der Waals surface area contributed by atoms with Crippen molar-refractivity contribution in [2.75, 3.05) is 47.0 Å². The van der Waals surface area contributed by atoms with Gasteiger partial charge >= 0.3 is 0 Å². The number of benzene rings is 2. The van der Waals surface area contributed by atoms with Crippen LogP contribution in [0.3, 0.4) is 0 Å². The normalized spacial score (nSPS) is 14.1. The topological polar surface area (TPSA) is 70.3 Å². The molecule has 1 aliphatic heterocycles. The van der Waals surface area contributed by atoms with Crippen LogP contribution < -0.4 is 20.9 Å². The van der Waals surface area contributed by atoms with Crippen LogP contribution in [0.25, 0.3) is 0 Å². The minimum atomic E-state index is 0.578. The van der Waals surface area contributed by atoms with E-state index in [2.05, 4.69) is 44.1 Å². The van der Waals surface area contributed by atoms with Gasteiger partial charge in [-0.05, 0) is 36.2 Å². The Hall–Kier alpha value is -2.99. The highest BCUT2D eigenvalue weighted by Crippen LogP contribution is 2.31. The fourth-order valence-corrected chi connectivity index (χ4v) is 3.85. The number of piperazine rings is 1. The standard InChI is InChI=1S/C22H25ClN6/c1-2-16-6-3-4-9-19(16)27-21-20(24)22(26-15-25-21)29-12-10-28(11-13-29)18-8-5-7-17(23)14-18/h3-9,14-15H,2,10-13,24H2,1H3,(H,25,26,27). The third-order valence-corrected chi connectivity index (χ3v) is 5.50. The molecule has 0 radical (unpaired) electrons. The van der Waals surface area contributed by atoms with Gasteiger partial charge in [-0.1, -0.05) is 42.8 Å². The molecule has 3 N–H and O–H groups in total. The average molecular weight is 409 g/mol. The molecule has 6 nitrogen and oxygen atoms in total. The van der Waals surface area contributed by atoms with Gasteiger partial charge in [-0.3, -0.25) is 0 Å². The van der Waals surface area contributed by atoms with E-state index in [4.69, 9.17) is 17.3 Å². The van der Waals surface area contributed by atoms with Crippen LogP contribution in [0.2, 0.25) is 5.02 Å². The number of anilines is 5. The van der Waals surface area contributed by atoms with Crippen molar-refractivity contribution in [2.45, 2.75) is 13.3 Å². The summed E-state index contributed by atoms with van der Waals surface area (Å²) < 4.78 is 0. The van der Waals surface area contributed by atoms with Crippen LogP contribution in [0.5, 0.6) is 0 Å². The lowest BCUT2D eigenvalue weighted by atomic mass is 10.1. The maximum absolute atomic E-state index is 6.46. The Labute approximate surface area is 176 Å². The van der Waals surface area contributed by atoms with Gasteiger partial charge in [0.05, 0.1) is 0 Å². The van der Waals surface area contributed by atoms with Crippen molar-refractivity contribution >= 4 is 40.3 Å². The van der Waals surface area contributed by atoms with E-state index in [1.165, 1.54) is 5.56 Å². The molecule has 150 valence electrons. The molecule has 29 heavy (non-hydrogen) atoms. The summed E-state index contributed by atoms with van der Waals surface area (Å²) in [5.74, 6) is 1.43. The zero-order chi connectivity index (χ0) is 20.2. The Bertz CT molecular complexity index is 985. The van der Waals surface area contributed by atoms with Gasteiger partial charge in [-0.2, -0.15) is 0 Å². The third kappa shape index (κ3) is 4.22. The largest absolute Gasteiger partial charge is 0.393 e. The summed E-state index contributed by atoms with van der Waals surface area (Å²) in [6.07, 6.45) is 2.51. The average Bonchev–Trinajstić information content (AvgIpc) is 2.76. The maximum atomic E-state index is 6.46. The van der Waals surface area contributed by atoms with Crippen molar-refractivity contribution < 1.29 is 0 Å². The van der Waals surface area contributed by atoms with Crippen LogP contribution in [-0.4, -0.2) is 36.1 Å². The van der Waals surface area contributed by atoms with Crippen LogP contribution in [-0.2, 0) is 6.42 Å². The SMILES string of the molecule is CCc1ccccc1Nc1ncnc(N2CCN(c3cccc(Cl)c3)CC2)c1N. The number of aryl methyl sites for hydroxylation is 1. The van der Waals surface area contributed by atoms with Crippen LogP contribution in [0.1, 0.15) is 12.5 Å². The van der Waals surface area contributed by atoms with E-state index in [0.717, 1.165) is 54.8 Å². The summed E-state index contributed by atoms with van der Waals surface area (Å²) in [6, 6.07) is 16.2. The smallest absolute Gasteiger partial charge is 0.159 e. The number of rotatable bonds is 5. The maximum Gasteiger partial charge on any atom is 0.159 e. The number of hydrogen-bond donors (Lipinski definition) is 2. The highest BCUT2D eigenvalue weighted by Gasteiger charge is 2.22. The van der Waals surface area contributed by atoms with E-state index in [9.17, 15) is 0 Å². The van der Waals surface area contributed by atoms with Crippen molar-refractivity contribution in [1.82, 2.24) is 9.97 Å². The molecule has 2 aromatic carbocycles. The number of hydrogen-bond acceptors (Lipinski definition) is 6. The van der Waals surface area contributed by atoms with Gasteiger partial charge in [0.2, 0.25) is 0 Å². The molecule has 3 aromatic rings. The Morgan fingerprint density at radius 1 is 1.00 bits per heavy atom. The molecule has 0 amide bonds. The highest BCUT2D eigenvalue weighted by molar-refractivity contribution is 6.30. The Morgan fingerprint density at radius 3 is 2.52 bits per heavy atom. The molecule has 1 aromatic heterocycles. The lowest BCUT2D eigenvalue weighted by Gasteiger charge is -2.37. The lowest BCUT2D eigenvalue weighted by Crippen LogP contribution is -2.47. The molecule has 0 spiro atoms. The molecule has 2 heterocycles. The first-order valence-corrected chi connectivity index (χ1v) is 10.2. The fourth-order valence-electron chi connectivity index (χ4n) is 3.67. The van der Waals surface area contributed by atoms with Crippen LogP contribution in [0, 0.1) is 0 Å². The quantitative estimate of drug-likeness (QED) is 0.654. The van der Waals surface area contributed by atoms with Gasteiger partial charge in [-0.25, -0.2) is 9.97 Å². The minimum Gasteiger partial charge on any atom is -0.393 e. The number of aromatic nitrogens is 2. The molecule has 1 saturated heterocycles. The van der Waals surface area contributed by atoms with Crippen LogP contribution in [0.15, 0.2) is 54.9 Å². The molecule has 0 unspecified atom stereocenters. The predicted octanol–water partition coefficient (Wildman–Crippen LogP) is 4.34. The van der Waals surface area contributed by atoms with Crippen molar-refractivity contribution in [1.29, 1.82) is 0 Å². The zero-order valence-electron chi connectivity index (χ0n) is 16.5. The second-order valence-corrected chi connectivity index (χ2v) is 7.49. The van der Waals surface area contributed by atoms with Gasteiger partial charge in [0.1, 0.15) is 12.0 Å². The van der Waals surface area contributed by atoms with Crippen LogP contribution in [0.4, 0.5) is 28.7 Å².